The van der Waals surface area contributed by atoms with E-state index in [0.29, 0.717) is 5.96 Å². The second-order valence-electron chi connectivity index (χ2n) is 6.20. The van der Waals surface area contributed by atoms with Crippen molar-refractivity contribution in [3.63, 3.8) is 0 Å². The van der Waals surface area contributed by atoms with E-state index in [-0.39, 0.29) is 36.6 Å². The molecule has 0 aliphatic rings. The molecule has 3 N–H and O–H groups in total. The summed E-state index contributed by atoms with van der Waals surface area (Å²) in [6.07, 6.45) is 4.87. The lowest BCUT2D eigenvalue weighted by Gasteiger charge is -2.15. The third-order valence-electron chi connectivity index (χ3n) is 3.60. The lowest BCUT2D eigenvalue weighted by molar-refractivity contribution is 0.185. The summed E-state index contributed by atoms with van der Waals surface area (Å²) < 4.78 is 7.67. The predicted octanol–water partition coefficient (Wildman–Crippen LogP) is 2.58. The number of aliphatic hydroxyl groups excluding tert-OH is 1. The van der Waals surface area contributed by atoms with E-state index in [2.05, 4.69) is 20.6 Å². The zero-order valence-corrected chi connectivity index (χ0v) is 18.5. The number of aliphatic imine (C=N–C) groups is 1. The van der Waals surface area contributed by atoms with E-state index < -0.39 is 6.10 Å². The van der Waals surface area contributed by atoms with Gasteiger partial charge in [0, 0.05) is 32.0 Å². The first kappa shape index (κ1) is 23.2. The number of hydrogen-bond acceptors (Lipinski definition) is 4. The average Bonchev–Trinajstić information content (AvgIpc) is 3.12. The molecule has 0 aliphatic carbocycles. The molecule has 0 bridgehead atoms. The Morgan fingerprint density at radius 3 is 2.81 bits per heavy atom. The highest BCUT2D eigenvalue weighted by atomic mass is 127. The molecule has 0 spiro atoms. The lowest BCUT2D eigenvalue weighted by Crippen LogP contribution is -2.39. The Morgan fingerprint density at radius 2 is 2.15 bits per heavy atom. The van der Waals surface area contributed by atoms with Gasteiger partial charge in [0.2, 0.25) is 0 Å². The molecule has 150 valence electrons. The topological polar surface area (TPSA) is 83.7 Å². The van der Waals surface area contributed by atoms with Crippen LogP contribution in [0.1, 0.15) is 32.4 Å². The molecule has 0 saturated heterocycles. The van der Waals surface area contributed by atoms with Crippen LogP contribution < -0.4 is 15.4 Å². The molecule has 0 saturated carbocycles. The van der Waals surface area contributed by atoms with Gasteiger partial charge in [-0.25, -0.2) is 4.98 Å². The minimum atomic E-state index is -0.685. The highest BCUT2D eigenvalue weighted by Crippen LogP contribution is 2.20. The molecule has 1 heterocycles. The van der Waals surface area contributed by atoms with Crippen LogP contribution in [0.5, 0.6) is 5.75 Å². The second-order valence-corrected chi connectivity index (χ2v) is 6.20. The SMILES string of the molecule is CCNC(=NCC(O)c1cccc(OC(C)C)c1)NCCn1ccnc1.I. The molecular formula is C19H30IN5O2. The van der Waals surface area contributed by atoms with E-state index >= 15 is 0 Å². The van der Waals surface area contributed by atoms with Crippen molar-refractivity contribution in [3.05, 3.63) is 48.5 Å². The number of halogens is 1. The Morgan fingerprint density at radius 1 is 1.33 bits per heavy atom. The number of benzene rings is 1. The summed E-state index contributed by atoms with van der Waals surface area (Å²) in [7, 11) is 0. The van der Waals surface area contributed by atoms with Crippen molar-refractivity contribution in [3.8, 4) is 5.75 Å². The van der Waals surface area contributed by atoms with Gasteiger partial charge in [0.1, 0.15) is 5.75 Å². The third-order valence-corrected chi connectivity index (χ3v) is 3.60. The molecular weight excluding hydrogens is 457 g/mol. The molecule has 0 aliphatic heterocycles. The van der Waals surface area contributed by atoms with Gasteiger partial charge in [-0.1, -0.05) is 12.1 Å². The van der Waals surface area contributed by atoms with Gasteiger partial charge in [0.05, 0.1) is 25.1 Å². The molecule has 7 nitrogen and oxygen atoms in total. The fraction of sp³-hybridized carbons (Fsp3) is 0.474. The van der Waals surface area contributed by atoms with Crippen LogP contribution in [0.4, 0.5) is 0 Å². The van der Waals surface area contributed by atoms with Crippen molar-refractivity contribution < 1.29 is 9.84 Å². The van der Waals surface area contributed by atoms with Gasteiger partial charge < -0.3 is 25.0 Å². The van der Waals surface area contributed by atoms with E-state index in [4.69, 9.17) is 4.74 Å². The predicted molar refractivity (Wildman–Crippen MR) is 119 cm³/mol. The molecule has 1 unspecified atom stereocenters. The number of imidazole rings is 1. The maximum absolute atomic E-state index is 10.4. The summed E-state index contributed by atoms with van der Waals surface area (Å²) in [5.41, 5.74) is 0.793. The van der Waals surface area contributed by atoms with Gasteiger partial charge >= 0.3 is 0 Å². The Labute approximate surface area is 178 Å². The molecule has 1 aromatic heterocycles. The maximum atomic E-state index is 10.4. The standard InChI is InChI=1S/C19H29N5O2.HI/c1-4-21-19(22-9-11-24-10-8-20-14-24)23-13-18(25)16-6-5-7-17(12-16)26-15(2)3;/h5-8,10,12,14-15,18,25H,4,9,11,13H2,1-3H3,(H2,21,22,23);1H. The van der Waals surface area contributed by atoms with Gasteiger partial charge in [0.15, 0.2) is 5.96 Å². The third kappa shape index (κ3) is 8.61. The van der Waals surface area contributed by atoms with Gasteiger partial charge in [-0.15, -0.1) is 24.0 Å². The molecule has 27 heavy (non-hydrogen) atoms. The monoisotopic (exact) mass is 487 g/mol. The number of nitrogens with zero attached hydrogens (tertiary/aromatic N) is 3. The molecule has 2 aromatic rings. The largest absolute Gasteiger partial charge is 0.491 e. The molecule has 0 radical (unpaired) electrons. The van der Waals surface area contributed by atoms with Crippen molar-refractivity contribution >= 4 is 29.9 Å². The minimum absolute atomic E-state index is 0. The lowest BCUT2D eigenvalue weighted by atomic mass is 10.1. The molecule has 1 aromatic carbocycles. The number of guanidine groups is 1. The van der Waals surface area contributed by atoms with Crippen molar-refractivity contribution in [2.75, 3.05) is 19.6 Å². The smallest absolute Gasteiger partial charge is 0.191 e. The zero-order chi connectivity index (χ0) is 18.8. The Bertz CT molecular complexity index is 676. The van der Waals surface area contributed by atoms with E-state index in [9.17, 15) is 5.11 Å². The Kier molecular flexibility index (Phi) is 10.8. The quantitative estimate of drug-likeness (QED) is 0.288. The van der Waals surface area contributed by atoms with Crippen molar-refractivity contribution in [1.29, 1.82) is 0 Å². The van der Waals surface area contributed by atoms with Crippen LogP contribution in [0.2, 0.25) is 0 Å². The highest BCUT2D eigenvalue weighted by molar-refractivity contribution is 14.0. The van der Waals surface area contributed by atoms with Crippen LogP contribution >= 0.6 is 24.0 Å². The van der Waals surface area contributed by atoms with Crippen LogP contribution in [0.25, 0.3) is 0 Å². The summed E-state index contributed by atoms with van der Waals surface area (Å²) in [5, 5.41) is 16.9. The van der Waals surface area contributed by atoms with Crippen molar-refractivity contribution in [2.24, 2.45) is 4.99 Å². The number of hydrogen-bond donors (Lipinski definition) is 3. The highest BCUT2D eigenvalue weighted by Gasteiger charge is 2.09. The van der Waals surface area contributed by atoms with E-state index in [1.807, 2.05) is 55.8 Å². The van der Waals surface area contributed by atoms with Gasteiger partial charge in [-0.3, -0.25) is 4.99 Å². The average molecular weight is 487 g/mol. The van der Waals surface area contributed by atoms with Crippen LogP contribution in [-0.4, -0.2) is 46.4 Å². The van der Waals surface area contributed by atoms with Crippen molar-refractivity contribution in [2.45, 2.75) is 39.5 Å². The Hall–Kier alpha value is -1.81. The minimum Gasteiger partial charge on any atom is -0.491 e. The summed E-state index contributed by atoms with van der Waals surface area (Å²) >= 11 is 0. The molecule has 0 fully saturated rings. The number of aromatic nitrogens is 2. The maximum Gasteiger partial charge on any atom is 0.191 e. The number of rotatable bonds is 9. The number of aliphatic hydroxyl groups is 1. The van der Waals surface area contributed by atoms with E-state index in [1.165, 1.54) is 0 Å². The fourth-order valence-corrected chi connectivity index (χ4v) is 2.41. The van der Waals surface area contributed by atoms with Gasteiger partial charge in [-0.2, -0.15) is 0 Å². The zero-order valence-electron chi connectivity index (χ0n) is 16.1. The Balaban J connectivity index is 0.00000364. The summed E-state index contributed by atoms with van der Waals surface area (Å²) in [5.74, 6) is 1.44. The van der Waals surface area contributed by atoms with Crippen LogP contribution in [0.3, 0.4) is 0 Å². The van der Waals surface area contributed by atoms with Crippen LogP contribution in [0.15, 0.2) is 48.0 Å². The normalized spacial score (nSPS) is 12.4. The fourth-order valence-electron chi connectivity index (χ4n) is 2.41. The number of nitrogens with one attached hydrogen (secondary N) is 2. The first-order valence-corrected chi connectivity index (χ1v) is 9.01. The molecule has 0 amide bonds. The first-order chi connectivity index (χ1) is 12.6. The van der Waals surface area contributed by atoms with Crippen molar-refractivity contribution in [1.82, 2.24) is 20.2 Å². The van der Waals surface area contributed by atoms with Crippen LogP contribution in [-0.2, 0) is 6.54 Å². The van der Waals surface area contributed by atoms with Gasteiger partial charge in [-0.05, 0) is 38.5 Å². The van der Waals surface area contributed by atoms with Gasteiger partial charge in [0.25, 0.3) is 0 Å². The first-order valence-electron chi connectivity index (χ1n) is 9.01. The number of ether oxygens (including phenoxy) is 1. The second kappa shape index (κ2) is 12.6. The van der Waals surface area contributed by atoms with E-state index in [1.54, 1.807) is 12.5 Å². The molecule has 8 heteroatoms. The molecule has 1 atom stereocenters. The summed E-state index contributed by atoms with van der Waals surface area (Å²) in [6.45, 7) is 8.50. The summed E-state index contributed by atoms with van der Waals surface area (Å²) in [4.78, 5) is 8.50. The van der Waals surface area contributed by atoms with Crippen LogP contribution in [0, 0.1) is 0 Å². The summed E-state index contributed by atoms with van der Waals surface area (Å²) in [6, 6.07) is 7.52. The molecule has 2 rings (SSSR count). The van der Waals surface area contributed by atoms with E-state index in [0.717, 1.165) is 30.9 Å².